The lowest BCUT2D eigenvalue weighted by Crippen LogP contribution is -2.32. The molecule has 1 atom stereocenters. The Bertz CT molecular complexity index is 714. The molecule has 0 radical (unpaired) electrons. The van der Waals surface area contributed by atoms with Crippen LogP contribution >= 0.6 is 15.9 Å². The van der Waals surface area contributed by atoms with Gasteiger partial charge in [-0.2, -0.15) is 0 Å². The molecular formula is C19H20BrNO2. The van der Waals surface area contributed by atoms with Crippen LogP contribution in [0.5, 0.6) is 5.75 Å². The van der Waals surface area contributed by atoms with Crippen LogP contribution in [0.4, 0.5) is 0 Å². The summed E-state index contributed by atoms with van der Waals surface area (Å²) in [5.41, 5.74) is 3.52. The summed E-state index contributed by atoms with van der Waals surface area (Å²) in [5, 5.41) is 3.19. The highest BCUT2D eigenvalue weighted by Crippen LogP contribution is 2.32. The molecule has 0 aromatic heterocycles. The number of hydrogen-bond donors (Lipinski definition) is 1. The Morgan fingerprint density at radius 2 is 2.17 bits per heavy atom. The fourth-order valence-corrected chi connectivity index (χ4v) is 3.59. The van der Waals surface area contributed by atoms with E-state index in [0.717, 1.165) is 35.0 Å². The topological polar surface area (TPSA) is 38.3 Å². The third kappa shape index (κ3) is 3.94. The zero-order chi connectivity index (χ0) is 16.2. The molecule has 0 saturated heterocycles. The predicted octanol–water partition coefficient (Wildman–Crippen LogP) is 4.19. The zero-order valence-corrected chi connectivity index (χ0v) is 14.7. The molecule has 1 aliphatic carbocycles. The number of methoxy groups -OCH3 is 1. The number of benzene rings is 2. The second-order valence-corrected chi connectivity index (χ2v) is 6.80. The molecule has 2 aromatic rings. The highest BCUT2D eigenvalue weighted by atomic mass is 79.9. The predicted molar refractivity (Wildman–Crippen MR) is 94.7 cm³/mol. The van der Waals surface area contributed by atoms with Crippen molar-refractivity contribution in [1.29, 1.82) is 0 Å². The van der Waals surface area contributed by atoms with Crippen molar-refractivity contribution in [2.45, 2.75) is 31.7 Å². The van der Waals surface area contributed by atoms with Gasteiger partial charge in [0.05, 0.1) is 19.6 Å². The molecular weight excluding hydrogens is 354 g/mol. The number of nitrogens with one attached hydrogen (secondary N) is 1. The van der Waals surface area contributed by atoms with Crippen LogP contribution in [-0.4, -0.2) is 13.0 Å². The van der Waals surface area contributed by atoms with Crippen molar-refractivity contribution in [1.82, 2.24) is 5.32 Å². The minimum atomic E-state index is 0.0665. The summed E-state index contributed by atoms with van der Waals surface area (Å²) in [6.07, 6.45) is 3.53. The fourth-order valence-electron chi connectivity index (χ4n) is 3.15. The Kier molecular flexibility index (Phi) is 5.01. The Labute approximate surface area is 145 Å². The van der Waals surface area contributed by atoms with Gasteiger partial charge in [-0.25, -0.2) is 0 Å². The number of aryl methyl sites for hydroxylation is 1. The van der Waals surface area contributed by atoms with Crippen LogP contribution in [-0.2, 0) is 17.6 Å². The van der Waals surface area contributed by atoms with Crippen LogP contribution in [0, 0.1) is 0 Å². The molecule has 4 heteroatoms. The molecule has 0 bridgehead atoms. The minimum Gasteiger partial charge on any atom is -0.497 e. The van der Waals surface area contributed by atoms with E-state index in [0.29, 0.717) is 6.42 Å². The maximum absolute atomic E-state index is 12.4. The van der Waals surface area contributed by atoms with Crippen LogP contribution in [0.15, 0.2) is 46.9 Å². The zero-order valence-electron chi connectivity index (χ0n) is 13.1. The molecule has 0 fully saturated rings. The van der Waals surface area contributed by atoms with Crippen molar-refractivity contribution in [3.63, 3.8) is 0 Å². The third-order valence-electron chi connectivity index (χ3n) is 4.25. The van der Waals surface area contributed by atoms with Crippen LogP contribution in [0.2, 0.25) is 0 Å². The van der Waals surface area contributed by atoms with Gasteiger partial charge in [-0.05, 0) is 60.2 Å². The monoisotopic (exact) mass is 373 g/mol. The van der Waals surface area contributed by atoms with Gasteiger partial charge in [0.1, 0.15) is 5.75 Å². The van der Waals surface area contributed by atoms with E-state index in [2.05, 4.69) is 33.4 Å². The Morgan fingerprint density at radius 1 is 1.30 bits per heavy atom. The Balaban J connectivity index is 1.70. The van der Waals surface area contributed by atoms with E-state index in [4.69, 9.17) is 4.74 Å². The molecule has 0 heterocycles. The summed E-state index contributed by atoms with van der Waals surface area (Å²) in [4.78, 5) is 12.4. The molecule has 1 amide bonds. The summed E-state index contributed by atoms with van der Waals surface area (Å²) in [6, 6.07) is 14.1. The van der Waals surface area contributed by atoms with Gasteiger partial charge in [0.15, 0.2) is 0 Å². The molecule has 0 unspecified atom stereocenters. The van der Waals surface area contributed by atoms with Crippen LogP contribution in [0.1, 0.15) is 35.6 Å². The van der Waals surface area contributed by atoms with E-state index >= 15 is 0 Å². The van der Waals surface area contributed by atoms with E-state index in [1.54, 1.807) is 7.11 Å². The molecule has 120 valence electrons. The van der Waals surface area contributed by atoms with E-state index in [1.807, 2.05) is 30.3 Å². The van der Waals surface area contributed by atoms with E-state index < -0.39 is 0 Å². The number of carbonyl (C=O) groups is 1. The third-order valence-corrected chi connectivity index (χ3v) is 4.75. The van der Waals surface area contributed by atoms with Crippen LogP contribution in [0.25, 0.3) is 0 Å². The number of hydrogen-bond acceptors (Lipinski definition) is 2. The maximum atomic E-state index is 12.4. The Hall–Kier alpha value is -1.81. The molecule has 1 N–H and O–H groups in total. The number of ether oxygens (including phenoxy) is 1. The van der Waals surface area contributed by atoms with Crippen molar-refractivity contribution >= 4 is 21.8 Å². The van der Waals surface area contributed by atoms with E-state index in [9.17, 15) is 4.79 Å². The van der Waals surface area contributed by atoms with Crippen LogP contribution in [0.3, 0.4) is 0 Å². The summed E-state index contributed by atoms with van der Waals surface area (Å²) >= 11 is 3.44. The lowest BCUT2D eigenvalue weighted by Gasteiger charge is -2.27. The second-order valence-electron chi connectivity index (χ2n) is 5.88. The van der Waals surface area contributed by atoms with Crippen molar-refractivity contribution in [3.05, 3.63) is 63.6 Å². The average molecular weight is 374 g/mol. The van der Waals surface area contributed by atoms with Gasteiger partial charge in [0, 0.05) is 4.47 Å². The SMILES string of the molecule is COc1ccc2c(c1)CCC[C@@H]2NC(=O)Cc1cccc(Br)c1. The summed E-state index contributed by atoms with van der Waals surface area (Å²) in [5.74, 6) is 0.946. The minimum absolute atomic E-state index is 0.0665. The van der Waals surface area contributed by atoms with Gasteiger partial charge in [0.2, 0.25) is 5.91 Å². The summed E-state index contributed by atoms with van der Waals surface area (Å²) < 4.78 is 6.29. The number of carbonyl (C=O) groups excluding carboxylic acids is 1. The van der Waals surface area contributed by atoms with Gasteiger partial charge in [-0.1, -0.05) is 34.1 Å². The smallest absolute Gasteiger partial charge is 0.224 e. The molecule has 23 heavy (non-hydrogen) atoms. The van der Waals surface area contributed by atoms with Gasteiger partial charge in [0.25, 0.3) is 0 Å². The number of fused-ring (bicyclic) bond motifs is 1. The number of rotatable bonds is 4. The summed E-state index contributed by atoms with van der Waals surface area (Å²) in [7, 11) is 1.68. The molecule has 3 nitrogen and oxygen atoms in total. The number of amides is 1. The van der Waals surface area contributed by atoms with Gasteiger partial charge < -0.3 is 10.1 Å². The molecule has 0 spiro atoms. The van der Waals surface area contributed by atoms with Gasteiger partial charge in [-0.15, -0.1) is 0 Å². The highest BCUT2D eigenvalue weighted by molar-refractivity contribution is 9.10. The van der Waals surface area contributed by atoms with Crippen molar-refractivity contribution in [2.24, 2.45) is 0 Å². The summed E-state index contributed by atoms with van der Waals surface area (Å²) in [6.45, 7) is 0. The quantitative estimate of drug-likeness (QED) is 0.872. The highest BCUT2D eigenvalue weighted by Gasteiger charge is 2.22. The molecule has 3 rings (SSSR count). The van der Waals surface area contributed by atoms with Crippen LogP contribution < -0.4 is 10.1 Å². The standard InChI is InChI=1S/C19H20BrNO2/c1-23-16-8-9-17-14(12-16)5-3-7-18(17)21-19(22)11-13-4-2-6-15(20)10-13/h2,4,6,8-10,12,18H,3,5,7,11H2,1H3,(H,21,22)/t18-/m0/s1. The fraction of sp³-hybridized carbons (Fsp3) is 0.316. The molecule has 0 saturated carbocycles. The first kappa shape index (κ1) is 16.1. The first-order valence-electron chi connectivity index (χ1n) is 7.86. The molecule has 0 aliphatic heterocycles. The second kappa shape index (κ2) is 7.18. The number of halogens is 1. The largest absolute Gasteiger partial charge is 0.497 e. The first-order chi connectivity index (χ1) is 11.2. The normalized spacial score (nSPS) is 16.5. The van der Waals surface area contributed by atoms with Gasteiger partial charge in [-0.3, -0.25) is 4.79 Å². The first-order valence-corrected chi connectivity index (χ1v) is 8.65. The van der Waals surface area contributed by atoms with E-state index in [-0.39, 0.29) is 11.9 Å². The lowest BCUT2D eigenvalue weighted by molar-refractivity contribution is -0.121. The lowest BCUT2D eigenvalue weighted by atomic mass is 9.87. The Morgan fingerprint density at radius 3 is 2.96 bits per heavy atom. The molecule has 2 aromatic carbocycles. The van der Waals surface area contributed by atoms with Crippen molar-refractivity contribution < 1.29 is 9.53 Å². The van der Waals surface area contributed by atoms with Crippen molar-refractivity contribution in [3.8, 4) is 5.75 Å². The molecule has 1 aliphatic rings. The van der Waals surface area contributed by atoms with Gasteiger partial charge >= 0.3 is 0 Å². The van der Waals surface area contributed by atoms with Crippen molar-refractivity contribution in [2.75, 3.05) is 7.11 Å². The average Bonchev–Trinajstić information content (AvgIpc) is 2.54. The van der Waals surface area contributed by atoms with E-state index in [1.165, 1.54) is 11.1 Å². The maximum Gasteiger partial charge on any atom is 0.224 e.